The molecule has 0 atom stereocenters. The Morgan fingerprint density at radius 1 is 0.893 bits per heavy atom. The van der Waals surface area contributed by atoms with E-state index in [-0.39, 0.29) is 0 Å². The summed E-state index contributed by atoms with van der Waals surface area (Å²) in [6.07, 6.45) is 3.85. The molecule has 2 aromatic heterocycles. The van der Waals surface area contributed by atoms with E-state index >= 15 is 0 Å². The van der Waals surface area contributed by atoms with Crippen LogP contribution >= 0.6 is 0 Å². The molecule has 2 aromatic rings. The van der Waals surface area contributed by atoms with Gasteiger partial charge in [-0.15, -0.1) is 0 Å². The normalized spacial score (nSPS) is 9.36. The van der Waals surface area contributed by atoms with Crippen LogP contribution in [0.15, 0.2) is 36.5 Å². The lowest BCUT2D eigenvalue weighted by Crippen LogP contribution is -2.25. The van der Waals surface area contributed by atoms with Crippen molar-refractivity contribution in [2.24, 2.45) is 0 Å². The molecule has 28 heavy (non-hydrogen) atoms. The van der Waals surface area contributed by atoms with Gasteiger partial charge in [0.1, 0.15) is 19.0 Å². The number of nitrogens with two attached hydrogens (primary N) is 1. The van der Waals surface area contributed by atoms with Crippen molar-refractivity contribution in [1.29, 1.82) is 0 Å². The molecule has 0 fully saturated rings. The first-order chi connectivity index (χ1) is 13.7. The van der Waals surface area contributed by atoms with Crippen molar-refractivity contribution in [2.75, 3.05) is 36.9 Å². The maximum Gasteiger partial charge on any atom is 0.217 e. The summed E-state index contributed by atoms with van der Waals surface area (Å²) in [6, 6.07) is 9.36. The van der Waals surface area contributed by atoms with Gasteiger partial charge in [0.25, 0.3) is 0 Å². The Bertz CT molecular complexity index is 603. The Hall–Kier alpha value is -2.50. The van der Waals surface area contributed by atoms with Crippen LogP contribution in [0.1, 0.15) is 54.4 Å². The first kappa shape index (κ1) is 25.5. The molecule has 2 rings (SSSR count). The van der Waals surface area contributed by atoms with E-state index < -0.39 is 0 Å². The number of nitrogen functional groups attached to an aromatic ring is 1. The van der Waals surface area contributed by atoms with Crippen LogP contribution in [0.4, 0.5) is 11.5 Å². The monoisotopic (exact) mass is 390 g/mol. The average molecular weight is 391 g/mol. The van der Waals surface area contributed by atoms with Crippen molar-refractivity contribution < 1.29 is 9.47 Å². The lowest BCUT2D eigenvalue weighted by atomic mass is 10.3. The molecular formula is C22H38N4O2. The summed E-state index contributed by atoms with van der Waals surface area (Å²) >= 11 is 0. The molecule has 0 amide bonds. The minimum absolute atomic E-state index is 0.383. The van der Waals surface area contributed by atoms with Gasteiger partial charge in [0.2, 0.25) is 11.8 Å². The van der Waals surface area contributed by atoms with Gasteiger partial charge in [0, 0.05) is 43.2 Å². The van der Waals surface area contributed by atoms with Crippen LogP contribution in [0, 0.1) is 0 Å². The van der Waals surface area contributed by atoms with Crippen LogP contribution in [-0.4, -0.2) is 36.3 Å². The van der Waals surface area contributed by atoms with E-state index in [1.807, 2.05) is 58.0 Å². The molecule has 0 saturated heterocycles. The van der Waals surface area contributed by atoms with Crippen molar-refractivity contribution in [1.82, 2.24) is 9.97 Å². The molecular weight excluding hydrogens is 352 g/mol. The van der Waals surface area contributed by atoms with E-state index in [9.17, 15) is 0 Å². The lowest BCUT2D eigenvalue weighted by molar-refractivity contribution is 0.207. The fourth-order valence-corrected chi connectivity index (χ4v) is 2.40. The van der Waals surface area contributed by atoms with Crippen LogP contribution < -0.4 is 20.1 Å². The van der Waals surface area contributed by atoms with Gasteiger partial charge in [-0.2, -0.15) is 4.98 Å². The zero-order chi connectivity index (χ0) is 21.2. The molecule has 6 nitrogen and oxygen atoms in total. The highest BCUT2D eigenvalue weighted by atomic mass is 16.5. The standard InChI is InChI=1S/C18H26N4O2.2C2H6/c1-3-9-22(10-4-2)15-13-16(19)21-18(14-15)24-12-11-23-17-7-5-6-8-20-17;2*1-2/h5-8,13-14H,3-4,9-12H2,1-2H3,(H2,19,21);2*1-2H3. The fraction of sp³-hybridized carbons (Fsp3) is 0.545. The van der Waals surface area contributed by atoms with Crippen molar-refractivity contribution in [3.8, 4) is 11.8 Å². The number of hydrogen-bond donors (Lipinski definition) is 1. The molecule has 158 valence electrons. The number of rotatable bonds is 10. The highest BCUT2D eigenvalue weighted by Crippen LogP contribution is 2.23. The number of aromatic nitrogens is 2. The Labute approximate surface area is 171 Å². The third-order valence-electron chi connectivity index (χ3n) is 3.38. The maximum atomic E-state index is 5.93. The summed E-state index contributed by atoms with van der Waals surface area (Å²) in [6.45, 7) is 15.1. The van der Waals surface area contributed by atoms with Gasteiger partial charge in [-0.1, -0.05) is 47.6 Å². The Morgan fingerprint density at radius 2 is 1.50 bits per heavy atom. The van der Waals surface area contributed by atoms with Crippen LogP contribution in [0.25, 0.3) is 0 Å². The molecule has 0 radical (unpaired) electrons. The first-order valence-corrected chi connectivity index (χ1v) is 10.4. The molecule has 0 aliphatic heterocycles. The van der Waals surface area contributed by atoms with E-state index in [0.29, 0.717) is 30.8 Å². The highest BCUT2D eigenvalue weighted by molar-refractivity contribution is 5.55. The quantitative estimate of drug-likeness (QED) is 0.562. The summed E-state index contributed by atoms with van der Waals surface area (Å²) < 4.78 is 11.2. The van der Waals surface area contributed by atoms with Crippen LogP contribution in [0.2, 0.25) is 0 Å². The molecule has 0 aliphatic carbocycles. The summed E-state index contributed by atoms with van der Waals surface area (Å²) in [5.74, 6) is 1.57. The van der Waals surface area contributed by atoms with E-state index in [1.165, 1.54) is 0 Å². The van der Waals surface area contributed by atoms with E-state index in [0.717, 1.165) is 31.6 Å². The van der Waals surface area contributed by atoms with Crippen LogP contribution in [0.3, 0.4) is 0 Å². The number of nitrogens with zero attached hydrogens (tertiary/aromatic N) is 3. The van der Waals surface area contributed by atoms with Gasteiger partial charge < -0.3 is 20.1 Å². The number of pyridine rings is 2. The second-order valence-corrected chi connectivity index (χ2v) is 5.44. The van der Waals surface area contributed by atoms with Crippen LogP contribution in [0.5, 0.6) is 11.8 Å². The molecule has 0 aromatic carbocycles. The predicted molar refractivity (Wildman–Crippen MR) is 119 cm³/mol. The topological polar surface area (TPSA) is 73.5 Å². The Kier molecular flexibility index (Phi) is 15.2. The molecule has 2 N–H and O–H groups in total. The number of hydrogen-bond acceptors (Lipinski definition) is 6. The van der Waals surface area contributed by atoms with Gasteiger partial charge in [0.15, 0.2) is 0 Å². The Balaban J connectivity index is 0.00000171. The minimum Gasteiger partial charge on any atom is -0.474 e. The van der Waals surface area contributed by atoms with Gasteiger partial charge >= 0.3 is 0 Å². The summed E-state index contributed by atoms with van der Waals surface area (Å²) in [5.41, 5.74) is 6.97. The van der Waals surface area contributed by atoms with Crippen molar-refractivity contribution in [3.63, 3.8) is 0 Å². The zero-order valence-corrected chi connectivity index (χ0v) is 18.4. The van der Waals surface area contributed by atoms with Gasteiger partial charge in [-0.05, 0) is 18.9 Å². The molecule has 0 unspecified atom stereocenters. The third kappa shape index (κ3) is 10.00. The molecule has 0 saturated carbocycles. The van der Waals surface area contributed by atoms with E-state index in [1.54, 1.807) is 6.20 Å². The summed E-state index contributed by atoms with van der Waals surface area (Å²) in [7, 11) is 0. The van der Waals surface area contributed by atoms with Crippen molar-refractivity contribution in [3.05, 3.63) is 36.5 Å². The van der Waals surface area contributed by atoms with Gasteiger partial charge in [-0.25, -0.2) is 4.98 Å². The molecule has 0 aliphatic rings. The van der Waals surface area contributed by atoms with E-state index in [2.05, 4.69) is 28.7 Å². The zero-order valence-electron chi connectivity index (χ0n) is 18.4. The predicted octanol–water partition coefficient (Wildman–Crippen LogP) is 5.20. The van der Waals surface area contributed by atoms with Crippen molar-refractivity contribution >= 4 is 11.5 Å². The Morgan fingerprint density at radius 3 is 2.04 bits per heavy atom. The minimum atomic E-state index is 0.383. The second kappa shape index (κ2) is 16.7. The maximum absolute atomic E-state index is 5.93. The van der Waals surface area contributed by atoms with E-state index in [4.69, 9.17) is 15.2 Å². The molecule has 0 bridgehead atoms. The number of anilines is 2. The molecule has 6 heteroatoms. The molecule has 0 spiro atoms. The van der Waals surface area contributed by atoms with Crippen LogP contribution in [-0.2, 0) is 0 Å². The molecule has 2 heterocycles. The third-order valence-corrected chi connectivity index (χ3v) is 3.38. The second-order valence-electron chi connectivity index (χ2n) is 5.44. The fourth-order valence-electron chi connectivity index (χ4n) is 2.40. The highest BCUT2D eigenvalue weighted by Gasteiger charge is 2.09. The van der Waals surface area contributed by atoms with Gasteiger partial charge in [0.05, 0.1) is 0 Å². The SMILES string of the molecule is CC.CC.CCCN(CCC)c1cc(N)nc(OCCOc2ccccn2)c1. The average Bonchev–Trinajstić information content (AvgIpc) is 2.74. The number of ether oxygens (including phenoxy) is 2. The smallest absolute Gasteiger partial charge is 0.217 e. The summed E-state index contributed by atoms with van der Waals surface area (Å²) in [5, 5.41) is 0. The summed E-state index contributed by atoms with van der Waals surface area (Å²) in [4.78, 5) is 10.6. The first-order valence-electron chi connectivity index (χ1n) is 10.4. The largest absolute Gasteiger partial charge is 0.474 e. The lowest BCUT2D eigenvalue weighted by Gasteiger charge is -2.24. The van der Waals surface area contributed by atoms with Gasteiger partial charge in [-0.3, -0.25) is 0 Å². The van der Waals surface area contributed by atoms with Crippen molar-refractivity contribution in [2.45, 2.75) is 54.4 Å².